The molecule has 0 fully saturated rings. The molecular weight excluding hydrogens is 246 g/mol. The number of rotatable bonds is 5. The fourth-order valence-corrected chi connectivity index (χ4v) is 2.59. The van der Waals surface area contributed by atoms with Crippen LogP contribution in [0.1, 0.15) is 50.7 Å². The van der Waals surface area contributed by atoms with Crippen LogP contribution in [-0.2, 0) is 13.0 Å². The molecule has 0 aliphatic rings. The molecule has 0 amide bonds. The van der Waals surface area contributed by atoms with Crippen molar-refractivity contribution in [3.05, 3.63) is 47.4 Å². The van der Waals surface area contributed by atoms with Gasteiger partial charge in [-0.1, -0.05) is 58.0 Å². The monoisotopic (exact) mass is 271 g/mol. The van der Waals surface area contributed by atoms with Gasteiger partial charge >= 0.3 is 0 Å². The van der Waals surface area contributed by atoms with E-state index in [4.69, 9.17) is 10.7 Å². The molecule has 3 heteroatoms. The summed E-state index contributed by atoms with van der Waals surface area (Å²) in [5, 5.41) is 0. The smallest absolute Gasteiger partial charge is 0.127 e. The highest BCUT2D eigenvalue weighted by molar-refractivity contribution is 5.44. The Labute approximate surface area is 121 Å². The van der Waals surface area contributed by atoms with E-state index in [1.165, 1.54) is 5.56 Å². The minimum Gasteiger partial charge on any atom is -0.384 e. The molecule has 20 heavy (non-hydrogen) atoms. The zero-order valence-electron chi connectivity index (χ0n) is 12.9. The lowest BCUT2D eigenvalue weighted by Gasteiger charge is -2.13. The number of benzene rings is 1. The number of nitrogens with two attached hydrogens (primary N) is 1. The third-order valence-corrected chi connectivity index (χ3v) is 3.69. The number of aryl methyl sites for hydroxylation is 1. The van der Waals surface area contributed by atoms with Crippen LogP contribution in [0.3, 0.4) is 0 Å². The zero-order chi connectivity index (χ0) is 14.7. The Morgan fingerprint density at radius 3 is 2.35 bits per heavy atom. The molecule has 3 nitrogen and oxygen atoms in total. The van der Waals surface area contributed by atoms with Gasteiger partial charge < -0.3 is 10.3 Å². The number of imidazole rings is 1. The molecule has 0 saturated heterocycles. The maximum absolute atomic E-state index is 6.37. The molecule has 0 saturated carbocycles. The minimum absolute atomic E-state index is 0.231. The van der Waals surface area contributed by atoms with Crippen molar-refractivity contribution in [1.82, 2.24) is 9.55 Å². The Morgan fingerprint density at radius 1 is 1.15 bits per heavy atom. The number of nitrogens with zero attached hydrogens (tertiary/aromatic N) is 2. The van der Waals surface area contributed by atoms with Crippen LogP contribution >= 0.6 is 0 Å². The highest BCUT2D eigenvalue weighted by Crippen LogP contribution is 2.29. The van der Waals surface area contributed by atoms with Crippen molar-refractivity contribution in [1.29, 1.82) is 0 Å². The fourth-order valence-electron chi connectivity index (χ4n) is 2.59. The molecule has 0 aliphatic carbocycles. The van der Waals surface area contributed by atoms with Crippen LogP contribution in [0.2, 0.25) is 0 Å². The first-order valence-corrected chi connectivity index (χ1v) is 7.44. The van der Waals surface area contributed by atoms with Crippen LogP contribution in [0, 0.1) is 5.92 Å². The molecule has 0 spiro atoms. The van der Waals surface area contributed by atoms with Crippen LogP contribution < -0.4 is 5.73 Å². The van der Waals surface area contributed by atoms with Gasteiger partial charge in [-0.2, -0.15) is 0 Å². The second-order valence-electron chi connectivity index (χ2n) is 5.79. The first-order chi connectivity index (χ1) is 9.54. The average Bonchev–Trinajstić information content (AvgIpc) is 2.75. The van der Waals surface area contributed by atoms with Gasteiger partial charge in [0.1, 0.15) is 11.6 Å². The molecule has 1 aromatic carbocycles. The molecule has 108 valence electrons. The van der Waals surface area contributed by atoms with Crippen molar-refractivity contribution in [3.8, 4) is 0 Å². The van der Waals surface area contributed by atoms with Crippen LogP contribution in [0.5, 0.6) is 0 Å². The van der Waals surface area contributed by atoms with Crippen molar-refractivity contribution in [2.24, 2.45) is 5.92 Å². The van der Waals surface area contributed by atoms with Crippen molar-refractivity contribution in [2.45, 2.75) is 46.6 Å². The topological polar surface area (TPSA) is 43.8 Å². The maximum Gasteiger partial charge on any atom is 0.127 e. The Bertz CT molecular complexity index is 555. The van der Waals surface area contributed by atoms with Crippen LogP contribution in [-0.4, -0.2) is 9.55 Å². The lowest BCUT2D eigenvalue weighted by atomic mass is 9.98. The molecular formula is C17H25N3. The summed E-state index contributed by atoms with van der Waals surface area (Å²) < 4.78 is 2.18. The molecule has 1 heterocycles. The maximum atomic E-state index is 6.37. The van der Waals surface area contributed by atoms with Gasteiger partial charge in [0, 0.05) is 18.9 Å². The van der Waals surface area contributed by atoms with E-state index < -0.39 is 0 Å². The average molecular weight is 271 g/mol. The molecule has 0 aliphatic heterocycles. The zero-order valence-corrected chi connectivity index (χ0v) is 12.9. The Kier molecular flexibility index (Phi) is 4.48. The third-order valence-electron chi connectivity index (χ3n) is 3.69. The first kappa shape index (κ1) is 14.6. The van der Waals surface area contributed by atoms with E-state index in [9.17, 15) is 0 Å². The predicted octanol–water partition coefficient (Wildman–Crippen LogP) is 3.84. The van der Waals surface area contributed by atoms with Gasteiger partial charge in [0.05, 0.1) is 5.69 Å². The summed E-state index contributed by atoms with van der Waals surface area (Å²) in [6.45, 7) is 9.66. The minimum atomic E-state index is 0.231. The van der Waals surface area contributed by atoms with Gasteiger partial charge in [-0.15, -0.1) is 0 Å². The summed E-state index contributed by atoms with van der Waals surface area (Å²) in [6.07, 6.45) is 0.915. The number of nitrogen functional groups attached to an aromatic ring is 1. The van der Waals surface area contributed by atoms with Gasteiger partial charge in [0.2, 0.25) is 0 Å². The summed E-state index contributed by atoms with van der Waals surface area (Å²) in [6, 6.07) is 10.4. The SMILES string of the molecule is CCc1nc(C(C)c2ccccc2)c(N)n1CC(C)C. The number of hydrogen-bond acceptors (Lipinski definition) is 2. The van der Waals surface area contributed by atoms with Gasteiger partial charge in [-0.05, 0) is 11.5 Å². The number of anilines is 1. The van der Waals surface area contributed by atoms with Crippen molar-refractivity contribution >= 4 is 5.82 Å². The van der Waals surface area contributed by atoms with E-state index in [0.29, 0.717) is 5.92 Å². The van der Waals surface area contributed by atoms with E-state index >= 15 is 0 Å². The molecule has 0 bridgehead atoms. The molecule has 2 N–H and O–H groups in total. The van der Waals surface area contributed by atoms with Crippen molar-refractivity contribution in [3.63, 3.8) is 0 Å². The van der Waals surface area contributed by atoms with Gasteiger partial charge in [-0.3, -0.25) is 0 Å². The number of hydrogen-bond donors (Lipinski definition) is 1. The lowest BCUT2D eigenvalue weighted by Crippen LogP contribution is -2.11. The third kappa shape index (κ3) is 2.87. The summed E-state index contributed by atoms with van der Waals surface area (Å²) >= 11 is 0. The molecule has 2 aromatic rings. The summed E-state index contributed by atoms with van der Waals surface area (Å²) in [5.74, 6) is 2.72. The molecule has 1 atom stereocenters. The van der Waals surface area contributed by atoms with E-state index in [0.717, 1.165) is 30.3 Å². The van der Waals surface area contributed by atoms with Crippen LogP contribution in [0.15, 0.2) is 30.3 Å². The first-order valence-electron chi connectivity index (χ1n) is 7.44. The summed E-state index contributed by atoms with van der Waals surface area (Å²) in [4.78, 5) is 4.80. The van der Waals surface area contributed by atoms with Crippen LogP contribution in [0.4, 0.5) is 5.82 Å². The lowest BCUT2D eigenvalue weighted by molar-refractivity contribution is 0.513. The molecule has 0 radical (unpaired) electrons. The van der Waals surface area contributed by atoms with Gasteiger partial charge in [0.15, 0.2) is 0 Å². The van der Waals surface area contributed by atoms with Gasteiger partial charge in [0.25, 0.3) is 0 Å². The van der Waals surface area contributed by atoms with Crippen LogP contribution in [0.25, 0.3) is 0 Å². The predicted molar refractivity (Wildman–Crippen MR) is 84.8 cm³/mol. The fraction of sp³-hybridized carbons (Fsp3) is 0.471. The molecule has 2 rings (SSSR count). The second kappa shape index (κ2) is 6.12. The molecule has 1 aromatic heterocycles. The quantitative estimate of drug-likeness (QED) is 0.898. The standard InChI is InChI=1S/C17H25N3/c1-5-15-19-16(17(18)20(15)11-12(2)3)13(4)14-9-7-6-8-10-14/h6-10,12-13H,5,11,18H2,1-4H3. The Hall–Kier alpha value is -1.77. The summed E-state index contributed by atoms with van der Waals surface area (Å²) in [5.41, 5.74) is 8.64. The Balaban J connectivity index is 2.40. The normalized spacial score (nSPS) is 12.8. The Morgan fingerprint density at radius 2 is 1.80 bits per heavy atom. The second-order valence-corrected chi connectivity index (χ2v) is 5.79. The van der Waals surface area contributed by atoms with Gasteiger partial charge in [-0.25, -0.2) is 4.98 Å². The summed E-state index contributed by atoms with van der Waals surface area (Å²) in [7, 11) is 0. The number of aromatic nitrogens is 2. The molecule has 1 unspecified atom stereocenters. The highest BCUT2D eigenvalue weighted by Gasteiger charge is 2.20. The van der Waals surface area contributed by atoms with Crippen molar-refractivity contribution in [2.75, 3.05) is 5.73 Å². The highest BCUT2D eigenvalue weighted by atomic mass is 15.1. The van der Waals surface area contributed by atoms with E-state index in [2.05, 4.69) is 56.5 Å². The largest absolute Gasteiger partial charge is 0.384 e. The van der Waals surface area contributed by atoms with E-state index in [1.807, 2.05) is 6.07 Å². The van der Waals surface area contributed by atoms with Crippen molar-refractivity contribution < 1.29 is 0 Å². The van der Waals surface area contributed by atoms with E-state index in [-0.39, 0.29) is 5.92 Å². The van der Waals surface area contributed by atoms with E-state index in [1.54, 1.807) is 0 Å².